The normalized spacial score (nSPS) is 16.8. The summed E-state index contributed by atoms with van der Waals surface area (Å²) in [6.45, 7) is 6.58. The third kappa shape index (κ3) is 4.14. The minimum atomic E-state index is 0.0380. The summed E-state index contributed by atoms with van der Waals surface area (Å²) in [5, 5.41) is 3.51. The van der Waals surface area contributed by atoms with Crippen molar-refractivity contribution in [3.05, 3.63) is 24.3 Å². The molecule has 1 saturated carbocycles. The van der Waals surface area contributed by atoms with Gasteiger partial charge in [-0.2, -0.15) is 0 Å². The third-order valence-corrected chi connectivity index (χ3v) is 3.95. The molecule has 2 rings (SSSR count). The minimum absolute atomic E-state index is 0.0380. The molecule has 0 radical (unpaired) electrons. The van der Waals surface area contributed by atoms with Crippen molar-refractivity contribution in [3.8, 4) is 11.5 Å². The Morgan fingerprint density at radius 3 is 2.60 bits per heavy atom. The fourth-order valence-corrected chi connectivity index (χ4v) is 2.60. The highest BCUT2D eigenvalue weighted by molar-refractivity contribution is 5.33. The molecule has 0 atom stereocenters. The van der Waals surface area contributed by atoms with Gasteiger partial charge in [0.1, 0.15) is 17.1 Å². The van der Waals surface area contributed by atoms with E-state index < -0.39 is 0 Å². The van der Waals surface area contributed by atoms with Crippen LogP contribution >= 0.6 is 0 Å². The number of ether oxygens (including phenoxy) is 2. The van der Waals surface area contributed by atoms with Crippen LogP contribution in [0.5, 0.6) is 11.5 Å². The Balaban J connectivity index is 1.87. The topological polar surface area (TPSA) is 30.5 Å². The highest BCUT2D eigenvalue weighted by Gasteiger charge is 2.38. The van der Waals surface area contributed by atoms with Crippen LogP contribution in [0.25, 0.3) is 0 Å². The lowest BCUT2D eigenvalue weighted by atomic mass is 9.77. The van der Waals surface area contributed by atoms with Crippen molar-refractivity contribution in [2.75, 3.05) is 20.2 Å². The summed E-state index contributed by atoms with van der Waals surface area (Å²) < 4.78 is 11.5. The van der Waals surface area contributed by atoms with Crippen LogP contribution in [0.4, 0.5) is 0 Å². The highest BCUT2D eigenvalue weighted by atomic mass is 16.5. The lowest BCUT2D eigenvalue weighted by Crippen LogP contribution is -2.45. The predicted octanol–water partition coefficient (Wildman–Crippen LogP) is 3.63. The van der Waals surface area contributed by atoms with Crippen molar-refractivity contribution >= 4 is 0 Å². The van der Waals surface area contributed by atoms with Crippen molar-refractivity contribution < 1.29 is 9.47 Å². The monoisotopic (exact) mass is 277 g/mol. The van der Waals surface area contributed by atoms with E-state index in [9.17, 15) is 0 Å². The first-order valence-corrected chi connectivity index (χ1v) is 7.67. The van der Waals surface area contributed by atoms with E-state index >= 15 is 0 Å². The van der Waals surface area contributed by atoms with Gasteiger partial charge in [0.15, 0.2) is 0 Å². The molecule has 0 saturated heterocycles. The van der Waals surface area contributed by atoms with Crippen LogP contribution in [0.2, 0.25) is 0 Å². The molecule has 0 aromatic heterocycles. The number of hydrogen-bond donors (Lipinski definition) is 1. The van der Waals surface area contributed by atoms with Crippen LogP contribution in [0.15, 0.2) is 24.3 Å². The maximum Gasteiger partial charge on any atom is 0.123 e. The van der Waals surface area contributed by atoms with Crippen molar-refractivity contribution in [3.63, 3.8) is 0 Å². The van der Waals surface area contributed by atoms with Crippen LogP contribution in [0.1, 0.15) is 39.5 Å². The number of hydrogen-bond acceptors (Lipinski definition) is 3. The van der Waals surface area contributed by atoms with Gasteiger partial charge in [-0.1, -0.05) is 19.9 Å². The molecule has 1 aliphatic carbocycles. The smallest absolute Gasteiger partial charge is 0.123 e. The molecule has 0 bridgehead atoms. The fraction of sp³-hybridized carbons (Fsp3) is 0.647. The van der Waals surface area contributed by atoms with E-state index in [1.54, 1.807) is 7.11 Å². The fourth-order valence-electron chi connectivity index (χ4n) is 2.60. The maximum atomic E-state index is 6.27. The van der Waals surface area contributed by atoms with E-state index in [4.69, 9.17) is 9.47 Å². The molecule has 3 nitrogen and oxygen atoms in total. The van der Waals surface area contributed by atoms with E-state index in [-0.39, 0.29) is 5.60 Å². The Bertz CT molecular complexity index is 413. The lowest BCUT2D eigenvalue weighted by Gasteiger charge is -2.42. The first-order chi connectivity index (χ1) is 9.63. The number of benzene rings is 1. The largest absolute Gasteiger partial charge is 0.497 e. The van der Waals surface area contributed by atoms with E-state index in [0.29, 0.717) is 5.92 Å². The predicted molar refractivity (Wildman–Crippen MR) is 82.5 cm³/mol. The van der Waals surface area contributed by atoms with Crippen LogP contribution in [-0.4, -0.2) is 25.8 Å². The van der Waals surface area contributed by atoms with Crippen molar-refractivity contribution in [2.24, 2.45) is 5.92 Å². The number of methoxy groups -OCH3 is 1. The van der Waals surface area contributed by atoms with Gasteiger partial charge in [-0.3, -0.25) is 0 Å². The summed E-state index contributed by atoms with van der Waals surface area (Å²) in [4.78, 5) is 0. The zero-order valence-electron chi connectivity index (χ0n) is 12.9. The van der Waals surface area contributed by atoms with Crippen molar-refractivity contribution in [2.45, 2.75) is 45.1 Å². The van der Waals surface area contributed by atoms with Gasteiger partial charge in [0.05, 0.1) is 7.11 Å². The van der Waals surface area contributed by atoms with Crippen LogP contribution in [0, 0.1) is 5.92 Å². The first-order valence-electron chi connectivity index (χ1n) is 7.67. The second kappa shape index (κ2) is 6.98. The molecular formula is C17H27NO2. The lowest BCUT2D eigenvalue weighted by molar-refractivity contribution is -0.0144. The van der Waals surface area contributed by atoms with Gasteiger partial charge >= 0.3 is 0 Å². The Labute approximate surface area is 122 Å². The summed E-state index contributed by atoms with van der Waals surface area (Å²) >= 11 is 0. The number of nitrogens with one attached hydrogen (secondary N) is 1. The van der Waals surface area contributed by atoms with Crippen molar-refractivity contribution in [1.82, 2.24) is 5.32 Å². The second-order valence-corrected chi connectivity index (χ2v) is 6.17. The highest BCUT2D eigenvalue weighted by Crippen LogP contribution is 2.39. The third-order valence-electron chi connectivity index (χ3n) is 3.95. The van der Waals surface area contributed by atoms with E-state index in [1.165, 1.54) is 6.42 Å². The van der Waals surface area contributed by atoms with E-state index in [1.807, 2.05) is 24.3 Å². The average molecular weight is 277 g/mol. The maximum absolute atomic E-state index is 6.27. The van der Waals surface area contributed by atoms with Crippen molar-refractivity contribution in [1.29, 1.82) is 0 Å². The van der Waals surface area contributed by atoms with Gasteiger partial charge in [0.2, 0.25) is 0 Å². The molecule has 0 aliphatic heterocycles. The summed E-state index contributed by atoms with van der Waals surface area (Å²) in [6.07, 6.45) is 4.67. The van der Waals surface area contributed by atoms with Gasteiger partial charge in [-0.25, -0.2) is 0 Å². The second-order valence-electron chi connectivity index (χ2n) is 6.17. The van der Waals surface area contributed by atoms with Gasteiger partial charge < -0.3 is 14.8 Å². The molecule has 0 unspecified atom stereocenters. The zero-order chi connectivity index (χ0) is 14.4. The van der Waals surface area contributed by atoms with Crippen LogP contribution in [0.3, 0.4) is 0 Å². The first kappa shape index (κ1) is 15.2. The number of rotatable bonds is 8. The van der Waals surface area contributed by atoms with Gasteiger partial charge in [0, 0.05) is 6.07 Å². The van der Waals surface area contributed by atoms with E-state index in [0.717, 1.165) is 43.9 Å². The molecule has 0 spiro atoms. The SMILES string of the molecule is COc1cccc(OC2(CCNCC(C)C)CCC2)c1. The Morgan fingerprint density at radius 2 is 2.00 bits per heavy atom. The zero-order valence-corrected chi connectivity index (χ0v) is 12.9. The molecule has 1 fully saturated rings. The molecule has 1 aromatic rings. The average Bonchev–Trinajstić information content (AvgIpc) is 2.40. The van der Waals surface area contributed by atoms with Crippen LogP contribution < -0.4 is 14.8 Å². The molecule has 20 heavy (non-hydrogen) atoms. The van der Waals surface area contributed by atoms with Crippen LogP contribution in [-0.2, 0) is 0 Å². The Hall–Kier alpha value is -1.22. The standard InChI is InChI=1S/C17H27NO2/c1-14(2)13-18-11-10-17(8-5-9-17)20-16-7-4-6-15(12-16)19-3/h4,6-7,12,14,18H,5,8-11,13H2,1-3H3. The molecule has 112 valence electrons. The molecule has 0 amide bonds. The minimum Gasteiger partial charge on any atom is -0.497 e. The molecule has 0 heterocycles. The molecule has 1 N–H and O–H groups in total. The molecule has 3 heteroatoms. The van der Waals surface area contributed by atoms with E-state index in [2.05, 4.69) is 19.2 Å². The summed E-state index contributed by atoms with van der Waals surface area (Å²) in [5.74, 6) is 2.48. The quantitative estimate of drug-likeness (QED) is 0.736. The summed E-state index contributed by atoms with van der Waals surface area (Å²) in [6, 6.07) is 7.92. The molecular weight excluding hydrogens is 250 g/mol. The Kier molecular flexibility index (Phi) is 5.30. The summed E-state index contributed by atoms with van der Waals surface area (Å²) in [5.41, 5.74) is 0.0380. The molecule has 1 aliphatic rings. The Morgan fingerprint density at radius 1 is 1.25 bits per heavy atom. The summed E-state index contributed by atoms with van der Waals surface area (Å²) in [7, 11) is 1.69. The molecule has 1 aromatic carbocycles. The van der Waals surface area contributed by atoms with Gasteiger partial charge in [-0.15, -0.1) is 0 Å². The van der Waals surface area contributed by atoms with Gasteiger partial charge in [0.25, 0.3) is 0 Å². The van der Waals surface area contributed by atoms with Gasteiger partial charge in [-0.05, 0) is 56.8 Å².